The van der Waals surface area contributed by atoms with Crippen molar-refractivity contribution in [2.75, 3.05) is 11.9 Å². The Labute approximate surface area is 157 Å². The fourth-order valence-electron chi connectivity index (χ4n) is 2.80. The summed E-state index contributed by atoms with van der Waals surface area (Å²) in [6.45, 7) is 3.63. The Morgan fingerprint density at radius 2 is 1.89 bits per heavy atom. The number of nitrogens with one attached hydrogen (secondary N) is 2. The number of aryl methyl sites for hydroxylation is 2. The summed E-state index contributed by atoms with van der Waals surface area (Å²) in [5.41, 5.74) is 3.78. The number of urea groups is 1. The molecule has 6 nitrogen and oxygen atoms in total. The van der Waals surface area contributed by atoms with Crippen LogP contribution in [-0.2, 0) is 16.0 Å². The number of carbonyl (C=O) groups excluding carboxylic acids is 3. The van der Waals surface area contributed by atoms with Crippen molar-refractivity contribution in [1.82, 2.24) is 10.2 Å². The van der Waals surface area contributed by atoms with Crippen molar-refractivity contribution in [3.8, 4) is 0 Å². The van der Waals surface area contributed by atoms with E-state index in [1.807, 2.05) is 49.4 Å². The van der Waals surface area contributed by atoms with Crippen molar-refractivity contribution in [3.63, 3.8) is 0 Å². The molecule has 1 aliphatic heterocycles. The van der Waals surface area contributed by atoms with Crippen molar-refractivity contribution in [1.29, 1.82) is 0 Å². The number of rotatable bonds is 5. The third-order valence-electron chi connectivity index (χ3n) is 4.26. The minimum atomic E-state index is -0.601. The topological polar surface area (TPSA) is 78.5 Å². The molecule has 0 saturated carbocycles. The van der Waals surface area contributed by atoms with E-state index < -0.39 is 17.8 Å². The summed E-state index contributed by atoms with van der Waals surface area (Å²) in [4.78, 5) is 37.7. The Morgan fingerprint density at radius 3 is 2.56 bits per heavy atom. The highest BCUT2D eigenvalue weighted by molar-refractivity contribution is 6.15. The standard InChI is InChI=1S/C21H21N3O3/c1-3-15-7-9-16(10-8-15)12-18-20(26)24(21(27)23-18)13-19(25)22-17-6-4-5-14(2)11-17/h4-12H,3,13H2,1-2H3,(H,22,25)(H,23,27)/b18-12+. The van der Waals surface area contributed by atoms with Gasteiger partial charge in [-0.1, -0.05) is 43.3 Å². The molecule has 0 spiro atoms. The van der Waals surface area contributed by atoms with Crippen LogP contribution >= 0.6 is 0 Å². The number of benzene rings is 2. The van der Waals surface area contributed by atoms with Gasteiger partial charge in [-0.2, -0.15) is 0 Å². The van der Waals surface area contributed by atoms with Crippen LogP contribution in [0.4, 0.5) is 10.5 Å². The number of nitrogens with zero attached hydrogens (tertiary/aromatic N) is 1. The average Bonchev–Trinajstić information content (AvgIpc) is 2.90. The van der Waals surface area contributed by atoms with Gasteiger partial charge in [-0.3, -0.25) is 9.59 Å². The van der Waals surface area contributed by atoms with E-state index in [-0.39, 0.29) is 12.2 Å². The lowest BCUT2D eigenvalue weighted by Crippen LogP contribution is -2.38. The maximum Gasteiger partial charge on any atom is 0.329 e. The molecule has 0 unspecified atom stereocenters. The molecule has 3 rings (SSSR count). The Hall–Kier alpha value is -3.41. The molecule has 2 N–H and O–H groups in total. The highest BCUT2D eigenvalue weighted by Crippen LogP contribution is 2.15. The minimum Gasteiger partial charge on any atom is -0.325 e. The third-order valence-corrected chi connectivity index (χ3v) is 4.26. The summed E-state index contributed by atoms with van der Waals surface area (Å²) >= 11 is 0. The largest absolute Gasteiger partial charge is 0.329 e. The summed E-state index contributed by atoms with van der Waals surface area (Å²) in [7, 11) is 0. The molecule has 0 radical (unpaired) electrons. The van der Waals surface area contributed by atoms with E-state index in [4.69, 9.17) is 0 Å². The van der Waals surface area contributed by atoms with E-state index in [2.05, 4.69) is 17.6 Å². The highest BCUT2D eigenvalue weighted by atomic mass is 16.2. The van der Waals surface area contributed by atoms with Gasteiger partial charge in [0.2, 0.25) is 5.91 Å². The highest BCUT2D eigenvalue weighted by Gasteiger charge is 2.34. The third kappa shape index (κ3) is 4.41. The van der Waals surface area contributed by atoms with Crippen LogP contribution < -0.4 is 10.6 Å². The Bertz CT molecular complexity index is 917. The van der Waals surface area contributed by atoms with Crippen molar-refractivity contribution >= 4 is 29.6 Å². The van der Waals surface area contributed by atoms with E-state index in [9.17, 15) is 14.4 Å². The Kier molecular flexibility index (Phi) is 5.35. The molecule has 1 fully saturated rings. The van der Waals surface area contributed by atoms with Crippen molar-refractivity contribution < 1.29 is 14.4 Å². The summed E-state index contributed by atoms with van der Waals surface area (Å²) < 4.78 is 0. The first-order valence-electron chi connectivity index (χ1n) is 8.76. The lowest BCUT2D eigenvalue weighted by atomic mass is 10.1. The summed E-state index contributed by atoms with van der Waals surface area (Å²) in [6.07, 6.45) is 2.54. The molecular formula is C21H21N3O3. The SMILES string of the molecule is CCc1ccc(/C=C2/NC(=O)N(CC(=O)Nc3cccc(C)c3)C2=O)cc1. The first-order chi connectivity index (χ1) is 13.0. The minimum absolute atomic E-state index is 0.160. The van der Waals surface area contributed by atoms with Gasteiger partial charge in [0, 0.05) is 5.69 Å². The molecule has 0 aliphatic carbocycles. The van der Waals surface area contributed by atoms with Crippen LogP contribution in [0.1, 0.15) is 23.6 Å². The number of anilines is 1. The zero-order chi connectivity index (χ0) is 19.4. The molecular weight excluding hydrogens is 342 g/mol. The quantitative estimate of drug-likeness (QED) is 0.633. The van der Waals surface area contributed by atoms with Gasteiger partial charge in [0.05, 0.1) is 0 Å². The van der Waals surface area contributed by atoms with Gasteiger partial charge >= 0.3 is 6.03 Å². The first-order valence-corrected chi connectivity index (χ1v) is 8.76. The van der Waals surface area contributed by atoms with Crippen molar-refractivity contribution in [2.45, 2.75) is 20.3 Å². The van der Waals surface area contributed by atoms with Gasteiger partial charge in [0.1, 0.15) is 12.2 Å². The van der Waals surface area contributed by atoms with E-state index >= 15 is 0 Å². The van der Waals surface area contributed by atoms with E-state index in [0.717, 1.165) is 22.4 Å². The lowest BCUT2D eigenvalue weighted by Gasteiger charge is -2.12. The second-order valence-corrected chi connectivity index (χ2v) is 6.39. The fourth-order valence-corrected chi connectivity index (χ4v) is 2.80. The molecule has 0 aromatic heterocycles. The number of hydrogen-bond donors (Lipinski definition) is 2. The van der Waals surface area contributed by atoms with Crippen LogP contribution in [0.3, 0.4) is 0 Å². The molecule has 1 aliphatic rings. The lowest BCUT2D eigenvalue weighted by molar-refractivity contribution is -0.127. The monoisotopic (exact) mass is 363 g/mol. The Morgan fingerprint density at radius 1 is 1.15 bits per heavy atom. The van der Waals surface area contributed by atoms with Crippen LogP contribution in [0.15, 0.2) is 54.2 Å². The number of imide groups is 1. The normalized spacial score (nSPS) is 15.2. The van der Waals surface area contributed by atoms with Crippen LogP contribution in [-0.4, -0.2) is 29.3 Å². The van der Waals surface area contributed by atoms with Crippen LogP contribution in [0, 0.1) is 6.92 Å². The predicted molar refractivity (Wildman–Crippen MR) is 104 cm³/mol. The van der Waals surface area contributed by atoms with E-state index in [0.29, 0.717) is 5.69 Å². The molecule has 1 heterocycles. The molecule has 2 aromatic carbocycles. The average molecular weight is 363 g/mol. The maximum atomic E-state index is 12.5. The van der Waals surface area contributed by atoms with Gasteiger partial charge in [-0.05, 0) is 48.2 Å². The van der Waals surface area contributed by atoms with Gasteiger partial charge in [-0.25, -0.2) is 9.69 Å². The zero-order valence-corrected chi connectivity index (χ0v) is 15.3. The van der Waals surface area contributed by atoms with Gasteiger partial charge in [0.15, 0.2) is 0 Å². The predicted octanol–water partition coefficient (Wildman–Crippen LogP) is 3.09. The maximum absolute atomic E-state index is 12.5. The molecule has 2 aromatic rings. The van der Waals surface area contributed by atoms with Gasteiger partial charge < -0.3 is 10.6 Å². The number of hydrogen-bond acceptors (Lipinski definition) is 3. The van der Waals surface area contributed by atoms with Crippen LogP contribution in [0.5, 0.6) is 0 Å². The van der Waals surface area contributed by atoms with Gasteiger partial charge in [-0.15, -0.1) is 0 Å². The van der Waals surface area contributed by atoms with E-state index in [1.54, 1.807) is 12.1 Å². The molecule has 1 saturated heterocycles. The van der Waals surface area contributed by atoms with Crippen LogP contribution in [0.25, 0.3) is 6.08 Å². The van der Waals surface area contributed by atoms with Crippen molar-refractivity contribution in [3.05, 3.63) is 70.9 Å². The smallest absolute Gasteiger partial charge is 0.325 e. The second kappa shape index (κ2) is 7.86. The zero-order valence-electron chi connectivity index (χ0n) is 15.3. The number of amides is 4. The molecule has 0 bridgehead atoms. The first kappa shape index (κ1) is 18.4. The van der Waals surface area contributed by atoms with E-state index in [1.165, 1.54) is 5.56 Å². The second-order valence-electron chi connectivity index (χ2n) is 6.39. The molecule has 6 heteroatoms. The number of carbonyl (C=O) groups is 3. The fraction of sp³-hybridized carbons (Fsp3) is 0.190. The molecule has 27 heavy (non-hydrogen) atoms. The summed E-state index contributed by atoms with van der Waals surface area (Å²) in [5.74, 6) is -0.948. The van der Waals surface area contributed by atoms with Crippen molar-refractivity contribution in [2.24, 2.45) is 0 Å². The molecule has 0 atom stereocenters. The van der Waals surface area contributed by atoms with Crippen LogP contribution in [0.2, 0.25) is 0 Å². The Balaban J connectivity index is 1.68. The summed E-state index contributed by atoms with van der Waals surface area (Å²) in [5, 5.41) is 5.22. The molecule has 4 amide bonds. The molecule has 138 valence electrons. The summed E-state index contributed by atoms with van der Waals surface area (Å²) in [6, 6.07) is 14.4. The van der Waals surface area contributed by atoms with Gasteiger partial charge in [0.25, 0.3) is 5.91 Å².